The maximum atomic E-state index is 9.87. The third kappa shape index (κ3) is 12.5. The predicted octanol–water partition coefficient (Wildman–Crippen LogP) is 5.62. The van der Waals surface area contributed by atoms with Crippen molar-refractivity contribution in [2.45, 2.75) is 0 Å². The van der Waals surface area contributed by atoms with Crippen LogP contribution in [0.3, 0.4) is 0 Å². The Morgan fingerprint density at radius 2 is 1.28 bits per heavy atom. The second-order valence-electron chi connectivity index (χ2n) is 3.47. The van der Waals surface area contributed by atoms with Crippen molar-refractivity contribution in [1.82, 2.24) is 0 Å². The molecule has 0 fully saturated rings. The number of benzene rings is 1. The molecule has 0 bridgehead atoms. The predicted molar refractivity (Wildman–Crippen MR) is 59.1 cm³/mol. The van der Waals surface area contributed by atoms with Gasteiger partial charge < -0.3 is 4.90 Å². The quantitative estimate of drug-likeness (QED) is 0.382. The normalized spacial score (nSPS) is 14.4. The number of nitrogens with zero attached hydrogens (tertiary/aromatic N) is 3. The Morgan fingerprint density at radius 3 is 1.50 bits per heavy atom. The summed E-state index contributed by atoms with van der Waals surface area (Å²) in [4.78, 5) is 5.04. The molecule has 0 saturated carbocycles. The Hall–Kier alpha value is -1.55. The molecule has 0 aromatic heterocycles. The monoisotopic (exact) mass is 293 g/mol. The zero-order valence-electron chi connectivity index (χ0n) is 9.37. The maximum absolute atomic E-state index is 10.7. The third-order valence-electron chi connectivity index (χ3n) is 1.48. The molecule has 1 aromatic rings. The van der Waals surface area contributed by atoms with E-state index in [0.717, 1.165) is 5.69 Å². The Kier molecular flexibility index (Phi) is 3.91. The minimum atomic E-state index is -10.7. The van der Waals surface area contributed by atoms with Gasteiger partial charge in [-0.15, -0.1) is 0 Å². The molecule has 3 nitrogen and oxygen atoms in total. The van der Waals surface area contributed by atoms with Crippen molar-refractivity contribution < 1.29 is 25.2 Å². The fourth-order valence-corrected chi connectivity index (χ4v) is 0.817. The van der Waals surface area contributed by atoms with Crippen molar-refractivity contribution in [1.29, 1.82) is 5.39 Å². The van der Waals surface area contributed by atoms with Crippen LogP contribution < -0.4 is 4.90 Å². The van der Waals surface area contributed by atoms with Crippen molar-refractivity contribution in [3.8, 4) is 0 Å². The molecule has 0 aliphatic rings. The SMILES string of the molecule is CN(C)c1ccc([N+]#N)cc1.F[P-](F)(F)(F)(F)F. The molecule has 0 saturated heterocycles. The van der Waals surface area contributed by atoms with Gasteiger partial charge in [0.15, 0.2) is 4.98 Å². The molecule has 10 heteroatoms. The average Bonchev–Trinajstić information content (AvgIpc) is 2.13. The van der Waals surface area contributed by atoms with E-state index in [9.17, 15) is 25.2 Å². The van der Waals surface area contributed by atoms with Gasteiger partial charge in [0.05, 0.1) is 0 Å². The molecule has 18 heavy (non-hydrogen) atoms. The summed E-state index contributed by atoms with van der Waals surface area (Å²) in [5.74, 6) is 0. The van der Waals surface area contributed by atoms with Crippen molar-refractivity contribution in [3.63, 3.8) is 0 Å². The molecule has 0 amide bonds. The molecule has 0 aliphatic carbocycles. The number of rotatable bonds is 1. The summed E-state index contributed by atoms with van der Waals surface area (Å²) < 4.78 is 59.2. The van der Waals surface area contributed by atoms with Crippen molar-refractivity contribution in [2.24, 2.45) is 0 Å². The Morgan fingerprint density at radius 1 is 0.944 bits per heavy atom. The van der Waals surface area contributed by atoms with E-state index in [1.807, 2.05) is 31.1 Å². The third-order valence-corrected chi connectivity index (χ3v) is 1.48. The van der Waals surface area contributed by atoms with Gasteiger partial charge in [-0.3, -0.25) is 0 Å². The standard InChI is InChI=1S/C8H10N3.F6P/c1-11(2)8-5-3-7(10-9)4-6-8;1-7(2,3,4,5)6/h3-6H,1-2H3;/q+1;-1. The van der Waals surface area contributed by atoms with Gasteiger partial charge in [-0.05, 0) is 12.1 Å². The van der Waals surface area contributed by atoms with Gasteiger partial charge in [0.1, 0.15) is 0 Å². The molecule has 0 unspecified atom stereocenters. The first kappa shape index (κ1) is 16.4. The van der Waals surface area contributed by atoms with E-state index in [0.29, 0.717) is 5.69 Å². The zero-order chi connectivity index (χ0) is 14.7. The van der Waals surface area contributed by atoms with Gasteiger partial charge in [-0.1, -0.05) is 0 Å². The van der Waals surface area contributed by atoms with E-state index < -0.39 is 7.81 Å². The molecule has 1 aromatic carbocycles. The summed E-state index contributed by atoms with van der Waals surface area (Å²) in [5, 5.41) is 8.38. The van der Waals surface area contributed by atoms with Crippen LogP contribution in [0, 0.1) is 5.39 Å². The van der Waals surface area contributed by atoms with Gasteiger partial charge in [-0.25, -0.2) is 0 Å². The Balaban J connectivity index is 0.000000360. The molecule has 0 N–H and O–H groups in total. The van der Waals surface area contributed by atoms with E-state index in [1.54, 1.807) is 12.1 Å². The first-order valence-electron chi connectivity index (χ1n) is 4.38. The summed E-state index contributed by atoms with van der Waals surface area (Å²) in [6.07, 6.45) is 0. The van der Waals surface area contributed by atoms with Crippen molar-refractivity contribution in [2.75, 3.05) is 19.0 Å². The van der Waals surface area contributed by atoms with E-state index in [4.69, 9.17) is 5.39 Å². The van der Waals surface area contributed by atoms with Gasteiger partial charge in [0.2, 0.25) is 5.39 Å². The molecule has 0 spiro atoms. The number of hydrogen-bond donors (Lipinski definition) is 0. The summed E-state index contributed by atoms with van der Waals surface area (Å²) in [6.45, 7) is 0. The van der Waals surface area contributed by atoms with Crippen LogP contribution in [-0.4, -0.2) is 14.1 Å². The topological polar surface area (TPSA) is 31.4 Å². The summed E-state index contributed by atoms with van der Waals surface area (Å²) in [7, 11) is -6.73. The van der Waals surface area contributed by atoms with Gasteiger partial charge in [0.25, 0.3) is 0 Å². The Bertz CT molecular complexity index is 432. The zero-order valence-corrected chi connectivity index (χ0v) is 10.3. The summed E-state index contributed by atoms with van der Waals surface area (Å²) in [5.41, 5.74) is 1.67. The molecule has 0 radical (unpaired) electrons. The average molecular weight is 293 g/mol. The molecule has 0 aliphatic heterocycles. The number of hydrogen-bond acceptors (Lipinski definition) is 2. The van der Waals surface area contributed by atoms with E-state index in [2.05, 4.69) is 4.98 Å². The van der Waals surface area contributed by atoms with Crippen molar-refractivity contribution in [3.05, 3.63) is 29.2 Å². The van der Waals surface area contributed by atoms with Crippen LogP contribution in [0.1, 0.15) is 0 Å². The van der Waals surface area contributed by atoms with Crippen LogP contribution in [0.4, 0.5) is 36.6 Å². The summed E-state index contributed by atoms with van der Waals surface area (Å²) >= 11 is 0. The van der Waals surface area contributed by atoms with Crippen LogP contribution in [0.25, 0.3) is 4.98 Å². The Labute approximate surface area is 98.9 Å². The van der Waals surface area contributed by atoms with Crippen LogP contribution in [0.15, 0.2) is 24.3 Å². The second-order valence-corrected chi connectivity index (χ2v) is 5.39. The van der Waals surface area contributed by atoms with E-state index >= 15 is 0 Å². The van der Waals surface area contributed by atoms with Crippen molar-refractivity contribution >= 4 is 19.2 Å². The first-order chi connectivity index (χ1) is 7.69. The fourth-order valence-electron chi connectivity index (χ4n) is 0.817. The van der Waals surface area contributed by atoms with Crippen LogP contribution in [0.2, 0.25) is 0 Å². The molecule has 0 atom stereocenters. The van der Waals surface area contributed by atoms with Gasteiger partial charge in [-0.2, -0.15) is 0 Å². The van der Waals surface area contributed by atoms with Gasteiger partial charge >= 0.3 is 38.7 Å². The molecule has 0 heterocycles. The van der Waals surface area contributed by atoms with E-state index in [1.165, 1.54) is 0 Å². The molecular formula is C8H10F6N3P. The van der Waals surface area contributed by atoms with Crippen LogP contribution >= 0.6 is 7.81 Å². The molecule has 104 valence electrons. The van der Waals surface area contributed by atoms with Crippen LogP contribution in [-0.2, 0) is 0 Å². The minimum absolute atomic E-state index is 0.579. The first-order valence-corrected chi connectivity index (χ1v) is 6.41. The molecular weight excluding hydrogens is 283 g/mol. The number of diazo groups is 1. The second kappa shape index (κ2) is 4.28. The number of anilines is 1. The van der Waals surface area contributed by atoms with E-state index in [-0.39, 0.29) is 0 Å². The number of halogens is 6. The van der Waals surface area contributed by atoms with Gasteiger partial charge in [0, 0.05) is 31.9 Å². The van der Waals surface area contributed by atoms with Crippen LogP contribution in [0.5, 0.6) is 0 Å². The fraction of sp³-hybridized carbons (Fsp3) is 0.250. The molecule has 1 rings (SSSR count). The summed E-state index contributed by atoms with van der Waals surface area (Å²) in [6, 6.07) is 7.31.